The van der Waals surface area contributed by atoms with Crippen molar-refractivity contribution in [3.8, 4) is 0 Å². The van der Waals surface area contributed by atoms with E-state index in [-0.39, 0.29) is 18.0 Å². The summed E-state index contributed by atoms with van der Waals surface area (Å²) in [6.07, 6.45) is 3.15. The molecule has 1 aliphatic rings. The van der Waals surface area contributed by atoms with Gasteiger partial charge in [0.1, 0.15) is 0 Å². The van der Waals surface area contributed by atoms with Gasteiger partial charge in [0, 0.05) is 24.0 Å². The van der Waals surface area contributed by atoms with Crippen molar-refractivity contribution >= 4 is 16.8 Å². The van der Waals surface area contributed by atoms with Gasteiger partial charge in [-0.2, -0.15) is 5.10 Å². The van der Waals surface area contributed by atoms with E-state index in [2.05, 4.69) is 10.2 Å². The maximum Gasteiger partial charge on any atom is 0.275 e. The van der Waals surface area contributed by atoms with Crippen LogP contribution in [0.1, 0.15) is 42.2 Å². The second kappa shape index (κ2) is 5.48. The Hall–Kier alpha value is -1.88. The van der Waals surface area contributed by atoms with E-state index in [9.17, 15) is 4.79 Å². The molecule has 1 amide bonds. The van der Waals surface area contributed by atoms with Gasteiger partial charge in [-0.05, 0) is 45.2 Å². The van der Waals surface area contributed by atoms with Crippen molar-refractivity contribution in [1.82, 2.24) is 15.1 Å². The summed E-state index contributed by atoms with van der Waals surface area (Å²) in [5, 5.41) is 8.10. The second-order valence-corrected chi connectivity index (χ2v) is 6.04. The first-order valence-corrected chi connectivity index (χ1v) is 7.59. The average Bonchev–Trinajstić information content (AvgIpc) is 2.89. The molecule has 5 nitrogen and oxygen atoms in total. The topological polar surface area (TPSA) is 75.0 Å². The Morgan fingerprint density at radius 3 is 3.05 bits per heavy atom. The summed E-state index contributed by atoms with van der Waals surface area (Å²) in [4.78, 5) is 14.8. The van der Waals surface area contributed by atoms with Crippen LogP contribution >= 0.6 is 0 Å². The molecule has 2 atom stereocenters. The van der Waals surface area contributed by atoms with Crippen molar-refractivity contribution in [2.45, 2.75) is 45.2 Å². The number of carbonyl (C=O) groups is 1. The number of piperidine rings is 1. The molecule has 1 saturated heterocycles. The predicted molar refractivity (Wildman–Crippen MR) is 83.2 cm³/mol. The molecule has 3 N–H and O–H groups in total. The smallest absolute Gasteiger partial charge is 0.275 e. The van der Waals surface area contributed by atoms with Crippen LogP contribution in [0, 0.1) is 6.92 Å². The first kappa shape index (κ1) is 14.1. The monoisotopic (exact) mass is 286 g/mol. The fraction of sp³-hybridized carbons (Fsp3) is 0.500. The molecule has 0 bridgehead atoms. The molecule has 0 spiro atoms. The van der Waals surface area contributed by atoms with Crippen molar-refractivity contribution in [3.05, 3.63) is 29.5 Å². The Morgan fingerprint density at radius 1 is 1.48 bits per heavy atom. The maximum atomic E-state index is 12.9. The first-order valence-electron chi connectivity index (χ1n) is 7.59. The Morgan fingerprint density at radius 2 is 2.29 bits per heavy atom. The third kappa shape index (κ3) is 2.53. The van der Waals surface area contributed by atoms with Crippen LogP contribution in [0.2, 0.25) is 0 Å². The van der Waals surface area contributed by atoms with E-state index in [0.717, 1.165) is 42.3 Å². The summed E-state index contributed by atoms with van der Waals surface area (Å²) < 4.78 is 0. The molecule has 2 aromatic rings. The molecule has 0 unspecified atom stereocenters. The zero-order chi connectivity index (χ0) is 15.0. The molecule has 0 radical (unpaired) electrons. The van der Waals surface area contributed by atoms with Gasteiger partial charge in [-0.15, -0.1) is 0 Å². The van der Waals surface area contributed by atoms with Gasteiger partial charge in [0.15, 0.2) is 5.69 Å². The number of nitrogens with two attached hydrogens (primary N) is 1. The van der Waals surface area contributed by atoms with Crippen molar-refractivity contribution in [1.29, 1.82) is 0 Å². The van der Waals surface area contributed by atoms with Crippen molar-refractivity contribution in [2.75, 3.05) is 6.54 Å². The summed E-state index contributed by atoms with van der Waals surface area (Å²) in [6, 6.07) is 6.09. The summed E-state index contributed by atoms with van der Waals surface area (Å²) >= 11 is 0. The largest absolute Gasteiger partial charge is 0.333 e. The number of hydrogen-bond acceptors (Lipinski definition) is 3. The van der Waals surface area contributed by atoms with Crippen LogP contribution in [-0.4, -0.2) is 39.6 Å². The minimum absolute atomic E-state index is 0.00569. The number of rotatable bonds is 2. The molecule has 1 aliphatic heterocycles. The van der Waals surface area contributed by atoms with Gasteiger partial charge in [-0.1, -0.05) is 11.6 Å². The zero-order valence-corrected chi connectivity index (χ0v) is 12.6. The number of nitrogens with zero attached hydrogens (tertiary/aromatic N) is 2. The van der Waals surface area contributed by atoms with Gasteiger partial charge < -0.3 is 10.6 Å². The summed E-state index contributed by atoms with van der Waals surface area (Å²) in [6.45, 7) is 4.76. The number of fused-ring (bicyclic) bond motifs is 1. The van der Waals surface area contributed by atoms with E-state index >= 15 is 0 Å². The van der Waals surface area contributed by atoms with E-state index in [0.29, 0.717) is 5.69 Å². The number of likely N-dealkylation sites (tertiary alicyclic amines) is 1. The zero-order valence-electron chi connectivity index (χ0n) is 12.6. The molecular formula is C16H22N4O. The van der Waals surface area contributed by atoms with E-state index in [1.165, 1.54) is 0 Å². The average molecular weight is 286 g/mol. The highest BCUT2D eigenvalue weighted by Gasteiger charge is 2.31. The third-order valence-corrected chi connectivity index (χ3v) is 4.34. The van der Waals surface area contributed by atoms with Crippen LogP contribution < -0.4 is 5.73 Å². The molecule has 3 rings (SSSR count). The molecule has 1 aromatic carbocycles. The Bertz CT molecular complexity index is 661. The number of amides is 1. The van der Waals surface area contributed by atoms with Crippen LogP contribution in [0.4, 0.5) is 0 Å². The normalized spacial score (nSPS) is 20.7. The molecule has 1 fully saturated rings. The number of nitrogens with one attached hydrogen (secondary N) is 1. The van der Waals surface area contributed by atoms with Crippen LogP contribution in [0.5, 0.6) is 0 Å². The highest BCUT2D eigenvalue weighted by Crippen LogP contribution is 2.24. The standard InChI is InChI=1S/C16H22N4O/c1-10-6-7-13-12(9-10)15(19-18-13)16(21)20-8-4-3-5-14(20)11(2)17/h6-7,9,11,14H,3-5,8,17H2,1-2H3,(H,18,19)/t11-,14-/m1/s1. The second-order valence-electron chi connectivity index (χ2n) is 6.04. The Balaban J connectivity index is 1.97. The minimum Gasteiger partial charge on any atom is -0.333 e. The van der Waals surface area contributed by atoms with Gasteiger partial charge >= 0.3 is 0 Å². The van der Waals surface area contributed by atoms with Crippen LogP contribution in [0.25, 0.3) is 10.9 Å². The van der Waals surface area contributed by atoms with Gasteiger partial charge in [0.05, 0.1) is 5.52 Å². The number of aromatic nitrogens is 2. The van der Waals surface area contributed by atoms with E-state index in [1.807, 2.05) is 36.9 Å². The van der Waals surface area contributed by atoms with E-state index in [4.69, 9.17) is 5.73 Å². The molecule has 5 heteroatoms. The molecule has 2 heterocycles. The number of carbonyl (C=O) groups excluding carboxylic acids is 1. The lowest BCUT2D eigenvalue weighted by Gasteiger charge is -2.37. The first-order chi connectivity index (χ1) is 10.1. The lowest BCUT2D eigenvalue weighted by molar-refractivity contribution is 0.0579. The molecule has 21 heavy (non-hydrogen) atoms. The third-order valence-electron chi connectivity index (χ3n) is 4.34. The predicted octanol–water partition coefficient (Wildman–Crippen LogP) is 2.21. The molecular weight excluding hydrogens is 264 g/mol. The van der Waals surface area contributed by atoms with Gasteiger partial charge in [0.2, 0.25) is 0 Å². The van der Waals surface area contributed by atoms with Crippen molar-refractivity contribution in [3.63, 3.8) is 0 Å². The number of benzene rings is 1. The number of H-pyrrole nitrogens is 1. The van der Waals surface area contributed by atoms with Crippen molar-refractivity contribution in [2.24, 2.45) is 5.73 Å². The van der Waals surface area contributed by atoms with Crippen molar-refractivity contribution < 1.29 is 4.79 Å². The van der Waals surface area contributed by atoms with Crippen LogP contribution in [0.15, 0.2) is 18.2 Å². The van der Waals surface area contributed by atoms with Gasteiger partial charge in [-0.25, -0.2) is 0 Å². The fourth-order valence-corrected chi connectivity index (χ4v) is 3.18. The number of aromatic amines is 1. The highest BCUT2D eigenvalue weighted by molar-refractivity contribution is 6.05. The lowest BCUT2D eigenvalue weighted by atomic mass is 9.96. The molecule has 112 valence electrons. The lowest BCUT2D eigenvalue weighted by Crippen LogP contribution is -2.51. The maximum absolute atomic E-state index is 12.9. The van der Waals surface area contributed by atoms with E-state index < -0.39 is 0 Å². The fourth-order valence-electron chi connectivity index (χ4n) is 3.18. The quantitative estimate of drug-likeness (QED) is 0.888. The van der Waals surface area contributed by atoms with Gasteiger partial charge in [0.25, 0.3) is 5.91 Å². The van der Waals surface area contributed by atoms with Crippen LogP contribution in [0.3, 0.4) is 0 Å². The minimum atomic E-state index is -0.0128. The summed E-state index contributed by atoms with van der Waals surface area (Å²) in [5.74, 6) is -0.00569. The molecule has 0 aliphatic carbocycles. The number of aryl methyl sites for hydroxylation is 1. The van der Waals surface area contributed by atoms with Gasteiger partial charge in [-0.3, -0.25) is 9.89 Å². The van der Waals surface area contributed by atoms with E-state index in [1.54, 1.807) is 0 Å². The van der Waals surface area contributed by atoms with Crippen LogP contribution in [-0.2, 0) is 0 Å². The Kier molecular flexibility index (Phi) is 3.68. The molecule has 0 saturated carbocycles. The summed E-state index contributed by atoms with van der Waals surface area (Å²) in [7, 11) is 0. The SMILES string of the molecule is Cc1ccc2[nH]nc(C(=O)N3CCCC[C@@H]3[C@@H](C)N)c2c1. The number of hydrogen-bond donors (Lipinski definition) is 2. The Labute approximate surface area is 124 Å². The summed E-state index contributed by atoms with van der Waals surface area (Å²) in [5.41, 5.74) is 8.60. The highest BCUT2D eigenvalue weighted by atomic mass is 16.2. The molecule has 1 aromatic heterocycles.